The number of amides is 1. The van der Waals surface area contributed by atoms with Crippen LogP contribution >= 0.6 is 23.2 Å². The highest BCUT2D eigenvalue weighted by molar-refractivity contribution is 6.38. The van der Waals surface area contributed by atoms with Crippen LogP contribution < -0.4 is 5.32 Å². The number of H-pyrrole nitrogens is 1. The third kappa shape index (κ3) is 3.09. The summed E-state index contributed by atoms with van der Waals surface area (Å²) in [5, 5.41) is 5.39. The van der Waals surface area contributed by atoms with Crippen LogP contribution in [0.4, 0.5) is 0 Å². The lowest BCUT2D eigenvalue weighted by molar-refractivity contribution is -0.122. The van der Waals surface area contributed by atoms with Gasteiger partial charge >= 0.3 is 0 Å². The second kappa shape index (κ2) is 6.49. The molecule has 6 heteroatoms. The Morgan fingerprint density at radius 2 is 2.27 bits per heavy atom. The van der Waals surface area contributed by atoms with E-state index in [0.29, 0.717) is 23.1 Å². The fraction of sp³-hybridized carbons (Fsp3) is 0.438. The average Bonchev–Trinajstić information content (AvgIpc) is 2.82. The van der Waals surface area contributed by atoms with E-state index in [9.17, 15) is 4.79 Å². The molecule has 0 saturated heterocycles. The normalized spacial score (nSPS) is 17.5. The lowest BCUT2D eigenvalue weighted by Crippen LogP contribution is -2.39. The number of hydrogen-bond acceptors (Lipinski definition) is 2. The molecule has 1 aliphatic carbocycles. The van der Waals surface area contributed by atoms with E-state index < -0.39 is 0 Å². The van der Waals surface area contributed by atoms with Gasteiger partial charge < -0.3 is 15.0 Å². The molecule has 118 valence electrons. The van der Waals surface area contributed by atoms with Crippen LogP contribution in [0.2, 0.25) is 10.0 Å². The van der Waals surface area contributed by atoms with Gasteiger partial charge in [-0.15, -0.1) is 0 Å². The molecule has 0 saturated carbocycles. The van der Waals surface area contributed by atoms with Crippen LogP contribution in [0, 0.1) is 0 Å². The zero-order chi connectivity index (χ0) is 15.7. The summed E-state index contributed by atoms with van der Waals surface area (Å²) in [4.78, 5) is 15.3. The van der Waals surface area contributed by atoms with E-state index in [1.807, 2.05) is 6.07 Å². The van der Waals surface area contributed by atoms with Crippen molar-refractivity contribution in [2.24, 2.45) is 0 Å². The van der Waals surface area contributed by atoms with Crippen LogP contribution in [-0.4, -0.2) is 30.6 Å². The van der Waals surface area contributed by atoms with E-state index in [-0.39, 0.29) is 11.9 Å². The molecule has 0 unspecified atom stereocenters. The van der Waals surface area contributed by atoms with Gasteiger partial charge in [0, 0.05) is 41.2 Å². The lowest BCUT2D eigenvalue weighted by atomic mass is 9.91. The molecule has 0 aliphatic heterocycles. The molecule has 1 atom stereocenters. The van der Waals surface area contributed by atoms with Crippen LogP contribution in [0.5, 0.6) is 0 Å². The van der Waals surface area contributed by atoms with Crippen molar-refractivity contribution in [2.45, 2.75) is 31.7 Å². The number of aryl methyl sites for hydroxylation is 1. The van der Waals surface area contributed by atoms with Gasteiger partial charge in [0.05, 0.1) is 11.6 Å². The van der Waals surface area contributed by atoms with Crippen molar-refractivity contribution < 1.29 is 9.53 Å². The van der Waals surface area contributed by atoms with Crippen LogP contribution in [0.15, 0.2) is 12.1 Å². The molecule has 2 N–H and O–H groups in total. The summed E-state index contributed by atoms with van der Waals surface area (Å²) in [6.07, 6.45) is 3.00. The number of nitrogens with one attached hydrogen (secondary N) is 2. The summed E-state index contributed by atoms with van der Waals surface area (Å²) in [6, 6.07) is 3.80. The van der Waals surface area contributed by atoms with E-state index in [1.165, 1.54) is 11.3 Å². The Bertz CT molecular complexity index is 712. The first-order valence-corrected chi connectivity index (χ1v) is 8.11. The van der Waals surface area contributed by atoms with Crippen molar-refractivity contribution in [2.75, 3.05) is 13.7 Å². The minimum atomic E-state index is 0.0317. The molecule has 0 spiro atoms. The summed E-state index contributed by atoms with van der Waals surface area (Å²) in [5.41, 5.74) is 3.36. The van der Waals surface area contributed by atoms with Crippen molar-refractivity contribution in [3.63, 3.8) is 0 Å². The predicted molar refractivity (Wildman–Crippen MR) is 88.8 cm³/mol. The maximum absolute atomic E-state index is 11.9. The number of rotatable bonds is 4. The molecule has 1 aromatic heterocycles. The van der Waals surface area contributed by atoms with E-state index in [1.54, 1.807) is 13.2 Å². The van der Waals surface area contributed by atoms with Gasteiger partial charge in [0.1, 0.15) is 0 Å². The number of aromatic amines is 1. The molecule has 4 nitrogen and oxygen atoms in total. The van der Waals surface area contributed by atoms with Gasteiger partial charge in [-0.3, -0.25) is 4.79 Å². The van der Waals surface area contributed by atoms with Gasteiger partial charge in [0.15, 0.2) is 0 Å². The lowest BCUT2D eigenvalue weighted by Gasteiger charge is -2.23. The number of benzene rings is 1. The first-order chi connectivity index (χ1) is 10.6. The van der Waals surface area contributed by atoms with Gasteiger partial charge in [-0.05, 0) is 37.0 Å². The maximum atomic E-state index is 11.9. The molecule has 1 aromatic carbocycles. The SMILES string of the molecule is COCCC(=O)N[C@H]1CCc2[nH]c3cc(Cl)cc(Cl)c3c2C1. The molecule has 3 rings (SSSR count). The van der Waals surface area contributed by atoms with E-state index >= 15 is 0 Å². The number of fused-ring (bicyclic) bond motifs is 3. The van der Waals surface area contributed by atoms with Crippen molar-refractivity contribution >= 4 is 40.0 Å². The highest BCUT2D eigenvalue weighted by Crippen LogP contribution is 2.35. The first kappa shape index (κ1) is 15.7. The zero-order valence-electron chi connectivity index (χ0n) is 12.3. The topological polar surface area (TPSA) is 54.1 Å². The van der Waals surface area contributed by atoms with Crippen molar-refractivity contribution in [1.82, 2.24) is 10.3 Å². The molecule has 1 aliphatic rings. The van der Waals surface area contributed by atoms with Crippen LogP contribution in [0.1, 0.15) is 24.1 Å². The van der Waals surface area contributed by atoms with Gasteiger partial charge in [-0.25, -0.2) is 0 Å². The second-order valence-corrected chi connectivity index (χ2v) is 6.49. The molecule has 0 bridgehead atoms. The summed E-state index contributed by atoms with van der Waals surface area (Å²) >= 11 is 12.4. The Labute approximate surface area is 139 Å². The molecule has 22 heavy (non-hydrogen) atoms. The Hall–Kier alpha value is -1.23. The Morgan fingerprint density at radius 1 is 1.45 bits per heavy atom. The Kier molecular flexibility index (Phi) is 4.62. The number of halogens is 2. The van der Waals surface area contributed by atoms with Gasteiger partial charge in [-0.2, -0.15) is 0 Å². The predicted octanol–water partition coefficient (Wildman–Crippen LogP) is 3.48. The number of aromatic nitrogens is 1. The van der Waals surface area contributed by atoms with Gasteiger partial charge in [0.25, 0.3) is 0 Å². The smallest absolute Gasteiger partial charge is 0.222 e. The highest BCUT2D eigenvalue weighted by atomic mass is 35.5. The van der Waals surface area contributed by atoms with Crippen LogP contribution in [0.25, 0.3) is 10.9 Å². The molecule has 1 amide bonds. The van der Waals surface area contributed by atoms with Crippen molar-refractivity contribution in [3.8, 4) is 0 Å². The molecule has 2 aromatic rings. The van der Waals surface area contributed by atoms with Crippen molar-refractivity contribution in [3.05, 3.63) is 33.4 Å². The monoisotopic (exact) mass is 340 g/mol. The molecule has 1 heterocycles. The molecule has 0 radical (unpaired) electrons. The Balaban J connectivity index is 1.82. The minimum Gasteiger partial charge on any atom is -0.384 e. The number of methoxy groups -OCH3 is 1. The Morgan fingerprint density at radius 3 is 3.05 bits per heavy atom. The number of carbonyl (C=O) groups is 1. The van der Waals surface area contributed by atoms with Gasteiger partial charge in [-0.1, -0.05) is 23.2 Å². The molecular formula is C16H18Cl2N2O2. The fourth-order valence-electron chi connectivity index (χ4n) is 3.09. The average molecular weight is 341 g/mol. The molecule has 0 fully saturated rings. The van der Waals surface area contributed by atoms with Gasteiger partial charge in [0.2, 0.25) is 5.91 Å². The summed E-state index contributed by atoms with van der Waals surface area (Å²) < 4.78 is 4.93. The van der Waals surface area contributed by atoms with E-state index in [0.717, 1.165) is 30.2 Å². The van der Waals surface area contributed by atoms with Crippen molar-refractivity contribution in [1.29, 1.82) is 0 Å². The fourth-order valence-corrected chi connectivity index (χ4v) is 3.70. The van der Waals surface area contributed by atoms with Crippen LogP contribution in [0.3, 0.4) is 0 Å². The largest absolute Gasteiger partial charge is 0.384 e. The zero-order valence-corrected chi connectivity index (χ0v) is 13.9. The second-order valence-electron chi connectivity index (χ2n) is 5.64. The third-order valence-corrected chi connectivity index (χ3v) is 4.61. The third-order valence-electron chi connectivity index (χ3n) is 4.10. The maximum Gasteiger partial charge on any atom is 0.222 e. The standard InChI is InChI=1S/C16H18Cl2N2O2/c1-22-5-4-15(21)19-10-2-3-13-11(8-10)16-12(18)6-9(17)7-14(16)20-13/h6-7,10,20H,2-5,8H2,1H3,(H,19,21)/t10-/m0/s1. The van der Waals surface area contributed by atoms with E-state index in [4.69, 9.17) is 27.9 Å². The quantitative estimate of drug-likeness (QED) is 0.895. The summed E-state index contributed by atoms with van der Waals surface area (Å²) in [6.45, 7) is 0.446. The molecular weight excluding hydrogens is 323 g/mol. The highest BCUT2D eigenvalue weighted by Gasteiger charge is 2.24. The number of ether oxygens (including phenoxy) is 1. The first-order valence-electron chi connectivity index (χ1n) is 7.35. The summed E-state index contributed by atoms with van der Waals surface area (Å²) in [5.74, 6) is 0.0317. The minimum absolute atomic E-state index is 0.0317. The number of hydrogen-bond donors (Lipinski definition) is 2. The van der Waals surface area contributed by atoms with E-state index in [2.05, 4.69) is 10.3 Å². The summed E-state index contributed by atoms with van der Waals surface area (Å²) in [7, 11) is 1.60. The van der Waals surface area contributed by atoms with Crippen LogP contribution in [-0.2, 0) is 22.4 Å². The number of carbonyl (C=O) groups excluding carboxylic acids is 1.